The van der Waals surface area contributed by atoms with Crippen molar-refractivity contribution in [2.24, 2.45) is 0 Å². The van der Waals surface area contributed by atoms with E-state index in [1.54, 1.807) is 11.1 Å². The summed E-state index contributed by atoms with van der Waals surface area (Å²) in [6, 6.07) is 0. The molecule has 2 N–H and O–H groups in total. The van der Waals surface area contributed by atoms with Gasteiger partial charge in [-0.05, 0) is 25.7 Å². The molecule has 0 unspecified atom stereocenters. The lowest BCUT2D eigenvalue weighted by Crippen LogP contribution is -1.87. The van der Waals surface area contributed by atoms with Gasteiger partial charge in [-0.2, -0.15) is 0 Å². The minimum absolute atomic E-state index is 0.125. The van der Waals surface area contributed by atoms with Crippen LogP contribution in [0.2, 0.25) is 0 Å². The van der Waals surface area contributed by atoms with E-state index < -0.39 is 0 Å². The normalized spacial score (nSPS) is 9.00. The fourth-order valence-corrected chi connectivity index (χ4v) is 1.50. The summed E-state index contributed by atoms with van der Waals surface area (Å²) in [5, 5.41) is 15.2. The zero-order chi connectivity index (χ0) is 11.4. The molecule has 0 aliphatic carbocycles. The van der Waals surface area contributed by atoms with Crippen molar-refractivity contribution >= 4 is 0 Å². The van der Waals surface area contributed by atoms with E-state index in [9.17, 15) is 0 Å². The van der Waals surface area contributed by atoms with Gasteiger partial charge in [0.05, 0.1) is 13.2 Å². The highest BCUT2D eigenvalue weighted by molar-refractivity contribution is 5.12. The highest BCUT2D eigenvalue weighted by atomic mass is 16.3. The highest BCUT2D eigenvalue weighted by Gasteiger charge is 1.97. The van der Waals surface area contributed by atoms with E-state index in [1.807, 2.05) is 0 Å². The number of allylic oxidation sites excluding steroid dienone is 2. The minimum Gasteiger partial charge on any atom is -0.394 e. The monoisotopic (exact) mass is 202 g/mol. The topological polar surface area (TPSA) is 40.5 Å². The van der Waals surface area contributed by atoms with Gasteiger partial charge < -0.3 is 10.2 Å². The lowest BCUT2D eigenvalue weighted by molar-refractivity contribution is 0.186. The van der Waals surface area contributed by atoms with Crippen LogP contribution in [0.1, 0.15) is 53.4 Å². The Labute approximate surface area is 88.7 Å². The number of aliphatic hydroxyl groups excluding tert-OH is 2. The summed E-state index contributed by atoms with van der Waals surface area (Å²) in [5.74, 6) is 0. The molecule has 14 heavy (non-hydrogen) atoms. The molecule has 0 heterocycles. The molecule has 86 valence electrons. The average molecular weight is 202 g/mol. The van der Waals surface area contributed by atoms with E-state index in [0.717, 1.165) is 0 Å². The Morgan fingerprint density at radius 1 is 0.643 bits per heavy atom. The van der Waals surface area contributed by atoms with Gasteiger partial charge >= 0.3 is 0 Å². The van der Waals surface area contributed by atoms with Crippen LogP contribution in [0, 0.1) is 0 Å². The predicted molar refractivity (Wildman–Crippen MR) is 62.4 cm³/mol. The smallest absolute Gasteiger partial charge is 0.0662 e. The zero-order valence-electron chi connectivity index (χ0n) is 10.1. The molecule has 0 aliphatic heterocycles. The number of rotatable bonds is 5. The second-order valence-electron chi connectivity index (χ2n) is 3.07. The van der Waals surface area contributed by atoms with Crippen molar-refractivity contribution in [2.75, 3.05) is 13.2 Å². The summed E-state index contributed by atoms with van der Waals surface area (Å²) in [7, 11) is 0. The van der Waals surface area contributed by atoms with Crippen LogP contribution in [-0.2, 0) is 0 Å². The Hall–Kier alpha value is -0.340. The Kier molecular flexibility index (Phi) is 14.6. The van der Waals surface area contributed by atoms with Crippen molar-refractivity contribution in [3.63, 3.8) is 0 Å². The Bertz CT molecular complexity index is 111. The van der Waals surface area contributed by atoms with Crippen molar-refractivity contribution in [3.05, 3.63) is 11.1 Å². The fourth-order valence-electron chi connectivity index (χ4n) is 1.50. The Balaban J connectivity index is 0. The predicted octanol–water partition coefficient (Wildman–Crippen LogP) is 2.89. The number of aliphatic hydroxyl groups is 2. The molecule has 0 bridgehead atoms. The molecule has 0 saturated carbocycles. The standard InChI is InChI=1S/C10H20.C2H6O2/c1-5-9(6-2)10(7-3)8-4;3-1-2-4/h5-8H2,1-4H3;3-4H,1-2H2. The first-order valence-electron chi connectivity index (χ1n) is 5.63. The van der Waals surface area contributed by atoms with E-state index in [4.69, 9.17) is 10.2 Å². The maximum Gasteiger partial charge on any atom is 0.0662 e. The van der Waals surface area contributed by atoms with Gasteiger partial charge in [-0.15, -0.1) is 0 Å². The molecule has 0 radical (unpaired) electrons. The molecule has 0 aromatic rings. The molecule has 0 saturated heterocycles. The Morgan fingerprint density at radius 3 is 0.929 bits per heavy atom. The molecule has 0 aromatic heterocycles. The second kappa shape index (κ2) is 12.7. The quantitative estimate of drug-likeness (QED) is 0.673. The maximum absolute atomic E-state index is 7.62. The van der Waals surface area contributed by atoms with Crippen LogP contribution in [0.3, 0.4) is 0 Å². The molecule has 0 aromatic carbocycles. The van der Waals surface area contributed by atoms with Gasteiger partial charge in [0.15, 0.2) is 0 Å². The first-order chi connectivity index (χ1) is 6.71. The highest BCUT2D eigenvalue weighted by Crippen LogP contribution is 2.17. The van der Waals surface area contributed by atoms with Crippen molar-refractivity contribution in [3.8, 4) is 0 Å². The molecule has 0 spiro atoms. The molecular formula is C12H26O2. The molecule has 0 fully saturated rings. The summed E-state index contributed by atoms with van der Waals surface area (Å²) in [6.45, 7) is 8.77. The van der Waals surface area contributed by atoms with Gasteiger partial charge in [0.1, 0.15) is 0 Å². The largest absolute Gasteiger partial charge is 0.394 e. The van der Waals surface area contributed by atoms with E-state index in [2.05, 4.69) is 27.7 Å². The van der Waals surface area contributed by atoms with Gasteiger partial charge in [-0.3, -0.25) is 0 Å². The first-order valence-corrected chi connectivity index (χ1v) is 5.63. The molecule has 0 atom stereocenters. The van der Waals surface area contributed by atoms with Crippen LogP contribution in [0.4, 0.5) is 0 Å². The Morgan fingerprint density at radius 2 is 0.857 bits per heavy atom. The third-order valence-corrected chi connectivity index (χ3v) is 2.31. The lowest BCUT2D eigenvalue weighted by atomic mass is 9.99. The van der Waals surface area contributed by atoms with Crippen LogP contribution in [0.5, 0.6) is 0 Å². The lowest BCUT2D eigenvalue weighted by Gasteiger charge is -2.07. The van der Waals surface area contributed by atoms with Crippen LogP contribution >= 0.6 is 0 Å². The maximum atomic E-state index is 7.62. The molecular weight excluding hydrogens is 176 g/mol. The number of hydrogen-bond acceptors (Lipinski definition) is 2. The van der Waals surface area contributed by atoms with Crippen LogP contribution in [0.25, 0.3) is 0 Å². The molecule has 2 heteroatoms. The molecule has 0 rings (SSSR count). The molecule has 2 nitrogen and oxygen atoms in total. The zero-order valence-corrected chi connectivity index (χ0v) is 10.1. The minimum atomic E-state index is -0.125. The summed E-state index contributed by atoms with van der Waals surface area (Å²) >= 11 is 0. The second-order valence-corrected chi connectivity index (χ2v) is 3.07. The van der Waals surface area contributed by atoms with Crippen molar-refractivity contribution in [1.29, 1.82) is 0 Å². The molecule has 0 aliphatic rings. The van der Waals surface area contributed by atoms with Crippen LogP contribution < -0.4 is 0 Å². The van der Waals surface area contributed by atoms with Crippen molar-refractivity contribution in [2.45, 2.75) is 53.4 Å². The van der Waals surface area contributed by atoms with Crippen molar-refractivity contribution < 1.29 is 10.2 Å². The summed E-state index contributed by atoms with van der Waals surface area (Å²) in [6.07, 6.45) is 4.97. The number of hydrogen-bond donors (Lipinski definition) is 2. The van der Waals surface area contributed by atoms with Gasteiger partial charge in [-0.1, -0.05) is 38.8 Å². The average Bonchev–Trinajstić information content (AvgIpc) is 2.26. The van der Waals surface area contributed by atoms with Gasteiger partial charge in [0.2, 0.25) is 0 Å². The van der Waals surface area contributed by atoms with E-state index in [1.165, 1.54) is 25.7 Å². The third-order valence-electron chi connectivity index (χ3n) is 2.31. The van der Waals surface area contributed by atoms with Crippen LogP contribution in [0.15, 0.2) is 11.1 Å². The van der Waals surface area contributed by atoms with E-state index in [-0.39, 0.29) is 13.2 Å². The van der Waals surface area contributed by atoms with Gasteiger partial charge in [0, 0.05) is 0 Å². The van der Waals surface area contributed by atoms with E-state index in [0.29, 0.717) is 0 Å². The van der Waals surface area contributed by atoms with E-state index >= 15 is 0 Å². The third kappa shape index (κ3) is 8.27. The summed E-state index contributed by atoms with van der Waals surface area (Å²) in [4.78, 5) is 0. The van der Waals surface area contributed by atoms with Gasteiger partial charge in [0.25, 0.3) is 0 Å². The molecule has 0 amide bonds. The van der Waals surface area contributed by atoms with Crippen molar-refractivity contribution in [1.82, 2.24) is 0 Å². The fraction of sp³-hybridized carbons (Fsp3) is 0.833. The summed E-state index contributed by atoms with van der Waals surface area (Å²) < 4.78 is 0. The van der Waals surface area contributed by atoms with Gasteiger partial charge in [-0.25, -0.2) is 0 Å². The van der Waals surface area contributed by atoms with Crippen LogP contribution in [-0.4, -0.2) is 23.4 Å². The summed E-state index contributed by atoms with van der Waals surface area (Å²) in [5.41, 5.74) is 3.34. The first kappa shape index (κ1) is 16.1. The SMILES string of the molecule is CCC(CC)=C(CC)CC.OCCO.